The standard InChI is InChI=1S/C20H21NO4S/c1-26-11-10-24-19(22)12-21-20(23)25-13-18-16-8-4-2-6-14(16)15-7-3-5-9-17(15)18/h2-9,18H,10-13H2,1H3,(H,21,23). The first-order valence-electron chi connectivity index (χ1n) is 8.44. The number of esters is 1. The summed E-state index contributed by atoms with van der Waals surface area (Å²) in [6, 6.07) is 16.3. The van der Waals surface area contributed by atoms with Gasteiger partial charge in [-0.3, -0.25) is 4.79 Å². The number of thioether (sulfide) groups is 1. The van der Waals surface area contributed by atoms with E-state index < -0.39 is 12.1 Å². The highest BCUT2D eigenvalue weighted by atomic mass is 32.2. The van der Waals surface area contributed by atoms with Crippen molar-refractivity contribution in [3.8, 4) is 11.1 Å². The zero-order valence-electron chi connectivity index (χ0n) is 14.6. The van der Waals surface area contributed by atoms with E-state index in [0.717, 1.165) is 16.9 Å². The van der Waals surface area contributed by atoms with Crippen LogP contribution in [0, 0.1) is 0 Å². The van der Waals surface area contributed by atoms with Crippen LogP contribution in [0.15, 0.2) is 48.5 Å². The molecule has 3 rings (SSSR count). The van der Waals surface area contributed by atoms with Gasteiger partial charge >= 0.3 is 12.1 Å². The number of carbonyl (C=O) groups excluding carboxylic acids is 2. The topological polar surface area (TPSA) is 64.6 Å². The molecule has 1 N–H and O–H groups in total. The average molecular weight is 371 g/mol. The molecule has 0 spiro atoms. The molecular formula is C20H21NO4S. The number of alkyl carbamates (subject to hydrolysis) is 1. The van der Waals surface area contributed by atoms with Crippen LogP contribution in [0.4, 0.5) is 4.79 Å². The molecular weight excluding hydrogens is 350 g/mol. The van der Waals surface area contributed by atoms with Crippen LogP contribution in [-0.2, 0) is 14.3 Å². The van der Waals surface area contributed by atoms with Gasteiger partial charge in [-0.2, -0.15) is 11.8 Å². The minimum atomic E-state index is -0.617. The lowest BCUT2D eigenvalue weighted by molar-refractivity contribution is -0.141. The average Bonchev–Trinajstić information content (AvgIpc) is 2.99. The summed E-state index contributed by atoms with van der Waals surface area (Å²) >= 11 is 1.59. The zero-order chi connectivity index (χ0) is 18.4. The van der Waals surface area contributed by atoms with Crippen molar-refractivity contribution in [2.75, 3.05) is 31.8 Å². The lowest BCUT2D eigenvalue weighted by atomic mass is 9.98. The molecule has 136 valence electrons. The third-order valence-corrected chi connectivity index (χ3v) is 4.85. The van der Waals surface area contributed by atoms with E-state index in [2.05, 4.69) is 29.6 Å². The Morgan fingerprint density at radius 2 is 1.62 bits per heavy atom. The van der Waals surface area contributed by atoms with Crippen molar-refractivity contribution in [3.05, 3.63) is 59.7 Å². The molecule has 0 bridgehead atoms. The molecule has 0 saturated carbocycles. The minimum Gasteiger partial charge on any atom is -0.463 e. The summed E-state index contributed by atoms with van der Waals surface area (Å²) in [7, 11) is 0. The fraction of sp³-hybridized carbons (Fsp3) is 0.300. The smallest absolute Gasteiger partial charge is 0.407 e. The molecule has 0 saturated heterocycles. The highest BCUT2D eigenvalue weighted by molar-refractivity contribution is 7.98. The first-order chi connectivity index (χ1) is 12.7. The van der Waals surface area contributed by atoms with E-state index >= 15 is 0 Å². The Bertz CT molecular complexity index is 747. The summed E-state index contributed by atoms with van der Waals surface area (Å²) in [6.07, 6.45) is 1.32. The number of fused-ring (bicyclic) bond motifs is 3. The summed E-state index contributed by atoms with van der Waals surface area (Å²) in [5.41, 5.74) is 4.65. The van der Waals surface area contributed by atoms with E-state index in [0.29, 0.717) is 6.61 Å². The van der Waals surface area contributed by atoms with Crippen LogP contribution in [0.3, 0.4) is 0 Å². The summed E-state index contributed by atoms with van der Waals surface area (Å²) in [5, 5.41) is 2.44. The summed E-state index contributed by atoms with van der Waals surface area (Å²) < 4.78 is 10.3. The molecule has 0 atom stereocenters. The number of amides is 1. The molecule has 26 heavy (non-hydrogen) atoms. The van der Waals surface area contributed by atoms with Crippen LogP contribution < -0.4 is 5.32 Å². The first kappa shape index (κ1) is 18.3. The van der Waals surface area contributed by atoms with Gasteiger partial charge in [0.05, 0.1) is 0 Å². The molecule has 0 unspecified atom stereocenters. The van der Waals surface area contributed by atoms with Crippen LogP contribution in [0.25, 0.3) is 11.1 Å². The molecule has 0 fully saturated rings. The summed E-state index contributed by atoms with van der Waals surface area (Å²) in [4.78, 5) is 23.4. The maximum absolute atomic E-state index is 11.9. The molecule has 0 aliphatic heterocycles. The second-order valence-corrected chi connectivity index (χ2v) is 6.88. The predicted octanol–water partition coefficient (Wildman–Crippen LogP) is 3.43. The first-order valence-corrected chi connectivity index (χ1v) is 9.83. The molecule has 0 aromatic heterocycles. The summed E-state index contributed by atoms with van der Waals surface area (Å²) in [6.45, 7) is 0.374. The van der Waals surface area contributed by atoms with E-state index in [1.807, 2.05) is 30.5 Å². The molecule has 1 aliphatic rings. The maximum atomic E-state index is 11.9. The Kier molecular flexibility index (Phi) is 6.17. The van der Waals surface area contributed by atoms with Crippen LogP contribution >= 0.6 is 11.8 Å². The lowest BCUT2D eigenvalue weighted by Crippen LogP contribution is -2.32. The molecule has 1 amide bonds. The van der Waals surface area contributed by atoms with Gasteiger partial charge in [-0.15, -0.1) is 0 Å². The highest BCUT2D eigenvalue weighted by Gasteiger charge is 2.28. The number of rotatable bonds is 7. The fourth-order valence-electron chi connectivity index (χ4n) is 3.08. The molecule has 0 radical (unpaired) electrons. The molecule has 5 nitrogen and oxygen atoms in total. The van der Waals surface area contributed by atoms with E-state index in [1.165, 1.54) is 11.1 Å². The Hall–Kier alpha value is -2.47. The largest absolute Gasteiger partial charge is 0.463 e. The Morgan fingerprint density at radius 3 is 2.23 bits per heavy atom. The van der Waals surface area contributed by atoms with Gasteiger partial charge in [-0.1, -0.05) is 48.5 Å². The van der Waals surface area contributed by atoms with Gasteiger partial charge in [0, 0.05) is 11.7 Å². The highest BCUT2D eigenvalue weighted by Crippen LogP contribution is 2.44. The maximum Gasteiger partial charge on any atom is 0.407 e. The number of hydrogen-bond acceptors (Lipinski definition) is 5. The van der Waals surface area contributed by atoms with Crippen molar-refractivity contribution in [2.24, 2.45) is 0 Å². The van der Waals surface area contributed by atoms with Gasteiger partial charge < -0.3 is 14.8 Å². The number of ether oxygens (including phenoxy) is 2. The van der Waals surface area contributed by atoms with Crippen LogP contribution in [-0.4, -0.2) is 43.8 Å². The quantitative estimate of drug-likeness (QED) is 0.597. The Balaban J connectivity index is 1.55. The number of benzene rings is 2. The van der Waals surface area contributed by atoms with Gasteiger partial charge in [0.1, 0.15) is 19.8 Å². The van der Waals surface area contributed by atoms with Gasteiger partial charge in [-0.05, 0) is 28.5 Å². The monoisotopic (exact) mass is 371 g/mol. The van der Waals surface area contributed by atoms with Crippen LogP contribution in [0.5, 0.6) is 0 Å². The zero-order valence-corrected chi connectivity index (χ0v) is 15.4. The van der Waals surface area contributed by atoms with Crippen molar-refractivity contribution < 1.29 is 19.1 Å². The minimum absolute atomic E-state index is 0.00156. The van der Waals surface area contributed by atoms with E-state index in [1.54, 1.807) is 11.8 Å². The van der Waals surface area contributed by atoms with Gasteiger partial charge in [-0.25, -0.2) is 4.79 Å². The predicted molar refractivity (Wildman–Crippen MR) is 102 cm³/mol. The lowest BCUT2D eigenvalue weighted by Gasteiger charge is -2.14. The van der Waals surface area contributed by atoms with Crippen LogP contribution in [0.2, 0.25) is 0 Å². The van der Waals surface area contributed by atoms with Crippen molar-refractivity contribution >= 4 is 23.8 Å². The summed E-state index contributed by atoms with van der Waals surface area (Å²) in [5.74, 6) is 0.269. The number of nitrogens with one attached hydrogen (secondary N) is 1. The Labute approximate surface area is 157 Å². The van der Waals surface area contributed by atoms with Gasteiger partial charge in [0.15, 0.2) is 0 Å². The third kappa shape index (κ3) is 4.19. The second kappa shape index (κ2) is 8.76. The Morgan fingerprint density at radius 1 is 1.00 bits per heavy atom. The van der Waals surface area contributed by atoms with Crippen molar-refractivity contribution in [3.63, 3.8) is 0 Å². The SMILES string of the molecule is CSCCOC(=O)CNC(=O)OCC1c2ccccc2-c2ccccc21. The van der Waals surface area contributed by atoms with Gasteiger partial charge in [0.2, 0.25) is 0 Å². The fourth-order valence-corrected chi connectivity index (χ4v) is 3.33. The van der Waals surface area contributed by atoms with E-state index in [4.69, 9.17) is 9.47 Å². The number of hydrogen-bond donors (Lipinski definition) is 1. The van der Waals surface area contributed by atoms with Crippen molar-refractivity contribution in [1.82, 2.24) is 5.32 Å². The normalized spacial score (nSPS) is 12.2. The molecule has 2 aromatic rings. The van der Waals surface area contributed by atoms with Crippen LogP contribution in [0.1, 0.15) is 17.0 Å². The molecule has 2 aromatic carbocycles. The van der Waals surface area contributed by atoms with Gasteiger partial charge in [0.25, 0.3) is 0 Å². The second-order valence-electron chi connectivity index (χ2n) is 5.89. The van der Waals surface area contributed by atoms with E-state index in [9.17, 15) is 9.59 Å². The van der Waals surface area contributed by atoms with Crippen molar-refractivity contribution in [2.45, 2.75) is 5.92 Å². The van der Waals surface area contributed by atoms with E-state index in [-0.39, 0.29) is 19.1 Å². The number of carbonyl (C=O) groups is 2. The molecule has 1 aliphatic carbocycles. The third-order valence-electron chi connectivity index (χ3n) is 4.27. The van der Waals surface area contributed by atoms with Crippen molar-refractivity contribution in [1.29, 1.82) is 0 Å². The molecule has 6 heteroatoms. The molecule has 0 heterocycles.